The molecule has 132 valence electrons. The first kappa shape index (κ1) is 17.7. The molecule has 0 aliphatic carbocycles. The summed E-state index contributed by atoms with van der Waals surface area (Å²) in [6, 6.07) is 14.4. The molecule has 4 nitrogen and oxygen atoms in total. The van der Waals surface area contributed by atoms with E-state index >= 15 is 0 Å². The molecule has 0 radical (unpaired) electrons. The molecule has 3 rings (SSSR count). The molecular weight excluding hydrogens is 341 g/mol. The molecule has 0 unspecified atom stereocenters. The van der Waals surface area contributed by atoms with E-state index in [1.165, 1.54) is 17.7 Å². The van der Waals surface area contributed by atoms with Gasteiger partial charge in [0.1, 0.15) is 5.82 Å². The predicted octanol–water partition coefficient (Wildman–Crippen LogP) is 4.27. The molecule has 1 fully saturated rings. The third-order valence-corrected chi connectivity index (χ3v) is 4.66. The minimum absolute atomic E-state index is 0.0387. The maximum absolute atomic E-state index is 13.4. The van der Waals surface area contributed by atoms with Gasteiger partial charge in [-0.15, -0.1) is 0 Å². The van der Waals surface area contributed by atoms with Crippen LogP contribution in [0.5, 0.6) is 0 Å². The van der Waals surface area contributed by atoms with Crippen molar-refractivity contribution in [3.8, 4) is 0 Å². The van der Waals surface area contributed by atoms with Gasteiger partial charge in [-0.1, -0.05) is 41.9 Å². The van der Waals surface area contributed by atoms with Crippen LogP contribution in [0, 0.1) is 5.82 Å². The summed E-state index contributed by atoms with van der Waals surface area (Å²) in [6.45, 7) is 2.81. The summed E-state index contributed by atoms with van der Waals surface area (Å²) in [5.74, 6) is -0.548. The van der Waals surface area contributed by atoms with Gasteiger partial charge in [0.25, 0.3) is 0 Å². The van der Waals surface area contributed by atoms with Gasteiger partial charge in [0.15, 0.2) is 0 Å². The molecule has 0 bridgehead atoms. The SMILES string of the molecule is O=C(Nc1ccc(Cl)c(F)c1)NC1CCN(Cc2ccccc2)CC1. The predicted molar refractivity (Wildman–Crippen MR) is 98.3 cm³/mol. The van der Waals surface area contributed by atoms with Crippen LogP contribution < -0.4 is 10.6 Å². The van der Waals surface area contributed by atoms with Gasteiger partial charge in [-0.3, -0.25) is 4.90 Å². The van der Waals surface area contributed by atoms with Crippen LogP contribution in [0.2, 0.25) is 5.02 Å². The Bertz CT molecular complexity index is 718. The summed E-state index contributed by atoms with van der Waals surface area (Å²) in [6.07, 6.45) is 1.80. The first-order valence-corrected chi connectivity index (χ1v) is 8.77. The van der Waals surface area contributed by atoms with Gasteiger partial charge < -0.3 is 10.6 Å². The summed E-state index contributed by atoms with van der Waals surface area (Å²) in [5.41, 5.74) is 1.69. The average molecular weight is 362 g/mol. The molecule has 0 saturated carbocycles. The second kappa shape index (κ2) is 8.32. The van der Waals surface area contributed by atoms with E-state index in [1.807, 2.05) is 18.2 Å². The lowest BCUT2D eigenvalue weighted by atomic mass is 10.0. The van der Waals surface area contributed by atoms with E-state index in [9.17, 15) is 9.18 Å². The number of carbonyl (C=O) groups excluding carboxylic acids is 1. The van der Waals surface area contributed by atoms with Crippen LogP contribution in [0.1, 0.15) is 18.4 Å². The highest BCUT2D eigenvalue weighted by Gasteiger charge is 2.20. The zero-order chi connectivity index (χ0) is 17.6. The van der Waals surface area contributed by atoms with Crippen LogP contribution in [0.3, 0.4) is 0 Å². The molecule has 2 aromatic carbocycles. The van der Waals surface area contributed by atoms with Gasteiger partial charge in [-0.25, -0.2) is 9.18 Å². The Balaban J connectivity index is 1.43. The van der Waals surface area contributed by atoms with Crippen molar-refractivity contribution in [3.05, 3.63) is 64.9 Å². The van der Waals surface area contributed by atoms with E-state index in [4.69, 9.17) is 11.6 Å². The highest BCUT2D eigenvalue weighted by atomic mass is 35.5. The van der Waals surface area contributed by atoms with Crippen molar-refractivity contribution < 1.29 is 9.18 Å². The van der Waals surface area contributed by atoms with E-state index in [0.717, 1.165) is 32.5 Å². The number of halogens is 2. The molecule has 2 aromatic rings. The zero-order valence-electron chi connectivity index (χ0n) is 13.8. The van der Waals surface area contributed by atoms with Gasteiger partial charge in [0, 0.05) is 31.4 Å². The van der Waals surface area contributed by atoms with E-state index < -0.39 is 5.82 Å². The summed E-state index contributed by atoms with van der Waals surface area (Å²) < 4.78 is 13.4. The van der Waals surface area contributed by atoms with Gasteiger partial charge >= 0.3 is 6.03 Å². The molecule has 0 spiro atoms. The number of nitrogens with zero attached hydrogens (tertiary/aromatic N) is 1. The number of anilines is 1. The lowest BCUT2D eigenvalue weighted by Gasteiger charge is -2.32. The van der Waals surface area contributed by atoms with E-state index in [1.54, 1.807) is 6.07 Å². The number of nitrogens with one attached hydrogen (secondary N) is 2. The van der Waals surface area contributed by atoms with Gasteiger partial charge in [-0.2, -0.15) is 0 Å². The van der Waals surface area contributed by atoms with Gasteiger partial charge in [0.05, 0.1) is 5.02 Å². The molecule has 1 heterocycles. The van der Waals surface area contributed by atoms with Gasteiger partial charge in [0.2, 0.25) is 0 Å². The van der Waals surface area contributed by atoms with Crippen molar-refractivity contribution >= 4 is 23.3 Å². The molecular formula is C19H21ClFN3O. The Morgan fingerprint density at radius 1 is 1.16 bits per heavy atom. The second-order valence-corrected chi connectivity index (χ2v) is 6.67. The molecule has 2 N–H and O–H groups in total. The van der Waals surface area contributed by atoms with Crippen LogP contribution in [0.4, 0.5) is 14.9 Å². The van der Waals surface area contributed by atoms with Crippen LogP contribution in [0.15, 0.2) is 48.5 Å². The molecule has 25 heavy (non-hydrogen) atoms. The Labute approximate surface area is 152 Å². The second-order valence-electron chi connectivity index (χ2n) is 6.26. The normalized spacial score (nSPS) is 15.8. The summed E-state index contributed by atoms with van der Waals surface area (Å²) in [7, 11) is 0. The number of benzene rings is 2. The van der Waals surface area contributed by atoms with Crippen molar-refractivity contribution in [2.24, 2.45) is 0 Å². The third-order valence-electron chi connectivity index (χ3n) is 4.35. The summed E-state index contributed by atoms with van der Waals surface area (Å²) in [5, 5.41) is 5.64. The van der Waals surface area contributed by atoms with Gasteiger partial charge in [-0.05, 0) is 36.6 Å². The first-order chi connectivity index (χ1) is 12.1. The molecule has 2 amide bonds. The molecule has 0 aromatic heterocycles. The van der Waals surface area contributed by atoms with Crippen LogP contribution >= 0.6 is 11.6 Å². The quantitative estimate of drug-likeness (QED) is 0.854. The third kappa shape index (κ3) is 5.18. The Morgan fingerprint density at radius 3 is 2.56 bits per heavy atom. The van der Waals surface area contributed by atoms with E-state index in [0.29, 0.717) is 5.69 Å². The molecule has 1 aliphatic rings. The fourth-order valence-corrected chi connectivity index (χ4v) is 3.12. The van der Waals surface area contributed by atoms with Crippen molar-refractivity contribution in [2.75, 3.05) is 18.4 Å². The monoisotopic (exact) mass is 361 g/mol. The van der Waals surface area contributed by atoms with Crippen molar-refractivity contribution in [2.45, 2.75) is 25.4 Å². The Kier molecular flexibility index (Phi) is 5.89. The smallest absolute Gasteiger partial charge is 0.319 e. The number of piperidine rings is 1. The zero-order valence-corrected chi connectivity index (χ0v) is 14.6. The Hall–Kier alpha value is -2.11. The van der Waals surface area contributed by atoms with E-state index in [-0.39, 0.29) is 17.1 Å². The fourth-order valence-electron chi connectivity index (χ4n) is 3.00. The highest BCUT2D eigenvalue weighted by molar-refractivity contribution is 6.30. The number of urea groups is 1. The maximum Gasteiger partial charge on any atom is 0.319 e. The fraction of sp³-hybridized carbons (Fsp3) is 0.316. The number of hydrogen-bond donors (Lipinski definition) is 2. The summed E-state index contributed by atoms with van der Waals surface area (Å²) in [4.78, 5) is 14.4. The van der Waals surface area contributed by atoms with Crippen LogP contribution in [-0.4, -0.2) is 30.1 Å². The number of likely N-dealkylation sites (tertiary alicyclic amines) is 1. The average Bonchev–Trinajstić information content (AvgIpc) is 2.61. The largest absolute Gasteiger partial charge is 0.335 e. The van der Waals surface area contributed by atoms with Crippen molar-refractivity contribution in [3.63, 3.8) is 0 Å². The first-order valence-electron chi connectivity index (χ1n) is 8.39. The molecule has 6 heteroatoms. The number of hydrogen-bond acceptors (Lipinski definition) is 2. The van der Waals surface area contributed by atoms with Crippen LogP contribution in [-0.2, 0) is 6.54 Å². The minimum atomic E-state index is -0.548. The number of amides is 2. The number of carbonyl (C=O) groups is 1. The lowest BCUT2D eigenvalue weighted by molar-refractivity contribution is 0.190. The molecule has 1 saturated heterocycles. The lowest BCUT2D eigenvalue weighted by Crippen LogP contribution is -2.45. The highest BCUT2D eigenvalue weighted by Crippen LogP contribution is 2.19. The van der Waals surface area contributed by atoms with Crippen molar-refractivity contribution in [1.29, 1.82) is 0 Å². The molecule has 1 aliphatic heterocycles. The van der Waals surface area contributed by atoms with E-state index in [2.05, 4.69) is 27.7 Å². The maximum atomic E-state index is 13.4. The molecule has 0 atom stereocenters. The van der Waals surface area contributed by atoms with Crippen molar-refractivity contribution in [1.82, 2.24) is 10.2 Å². The standard InChI is InChI=1S/C19H21ClFN3O/c20-17-7-6-16(12-18(17)21)23-19(25)22-15-8-10-24(11-9-15)13-14-4-2-1-3-5-14/h1-7,12,15H,8-11,13H2,(H2,22,23,25). The minimum Gasteiger partial charge on any atom is -0.335 e. The summed E-state index contributed by atoms with van der Waals surface area (Å²) >= 11 is 5.64. The number of rotatable bonds is 4. The topological polar surface area (TPSA) is 44.4 Å². The Morgan fingerprint density at radius 2 is 1.88 bits per heavy atom. The van der Waals surface area contributed by atoms with Crippen LogP contribution in [0.25, 0.3) is 0 Å².